The highest BCUT2D eigenvalue weighted by Crippen LogP contribution is 2.25. The first-order valence-electron chi connectivity index (χ1n) is 11.1. The van der Waals surface area contributed by atoms with Gasteiger partial charge in [-0.15, -0.1) is 11.3 Å². The summed E-state index contributed by atoms with van der Waals surface area (Å²) in [5, 5.41) is 7.90. The molecule has 0 saturated heterocycles. The van der Waals surface area contributed by atoms with E-state index in [2.05, 4.69) is 15.6 Å². The first-order chi connectivity index (χ1) is 17.3. The van der Waals surface area contributed by atoms with Crippen LogP contribution in [0.15, 0.2) is 52.8 Å². The maximum Gasteiger partial charge on any atom is 0.283 e. The minimum Gasteiger partial charge on any atom is -0.497 e. The topological polar surface area (TPSA) is 111 Å². The maximum absolute atomic E-state index is 13.0. The van der Waals surface area contributed by atoms with Crippen LogP contribution < -0.4 is 24.9 Å². The predicted octanol–water partition coefficient (Wildman–Crippen LogP) is 3.42. The number of benzene rings is 2. The van der Waals surface area contributed by atoms with E-state index < -0.39 is 5.91 Å². The van der Waals surface area contributed by atoms with Gasteiger partial charge in [-0.2, -0.15) is 4.99 Å². The first-order valence-corrected chi connectivity index (χ1v) is 12.3. The number of hydrogen-bond acceptors (Lipinski definition) is 6. The Bertz CT molecular complexity index is 1300. The van der Waals surface area contributed by atoms with Crippen molar-refractivity contribution in [3.8, 4) is 11.5 Å². The SMILES string of the molecule is COc1ccc(C(=O)N=c2scc(C(=O)NCc3ccc(Cl)cc3)n2CCCNC(C)=O)c(OC)c1. The molecule has 0 bridgehead atoms. The molecule has 0 aliphatic carbocycles. The lowest BCUT2D eigenvalue weighted by atomic mass is 10.2. The van der Waals surface area contributed by atoms with Crippen molar-refractivity contribution < 1.29 is 23.9 Å². The number of nitrogens with one attached hydrogen (secondary N) is 2. The Morgan fingerprint density at radius 1 is 1.06 bits per heavy atom. The summed E-state index contributed by atoms with van der Waals surface area (Å²) in [6.45, 7) is 2.55. The van der Waals surface area contributed by atoms with Crippen molar-refractivity contribution in [2.45, 2.75) is 26.4 Å². The summed E-state index contributed by atoms with van der Waals surface area (Å²) in [5.41, 5.74) is 1.53. The van der Waals surface area contributed by atoms with E-state index in [1.165, 1.54) is 32.5 Å². The number of nitrogens with zero attached hydrogens (tertiary/aromatic N) is 2. The molecule has 36 heavy (non-hydrogen) atoms. The number of aromatic nitrogens is 1. The molecule has 1 heterocycles. The monoisotopic (exact) mass is 530 g/mol. The van der Waals surface area contributed by atoms with Crippen molar-refractivity contribution in [2.24, 2.45) is 4.99 Å². The third-order valence-electron chi connectivity index (χ3n) is 5.17. The van der Waals surface area contributed by atoms with Crippen LogP contribution in [0, 0.1) is 0 Å². The lowest BCUT2D eigenvalue weighted by Gasteiger charge is -2.10. The molecular formula is C25H27ClN4O5S. The molecule has 0 aliphatic rings. The van der Waals surface area contributed by atoms with Gasteiger partial charge < -0.3 is 24.7 Å². The third kappa shape index (κ3) is 7.19. The zero-order valence-corrected chi connectivity index (χ0v) is 21.7. The van der Waals surface area contributed by atoms with Crippen molar-refractivity contribution >= 4 is 40.7 Å². The minimum absolute atomic E-state index is 0.141. The van der Waals surface area contributed by atoms with E-state index in [4.69, 9.17) is 21.1 Å². The van der Waals surface area contributed by atoms with Crippen LogP contribution in [-0.4, -0.2) is 43.1 Å². The lowest BCUT2D eigenvalue weighted by Crippen LogP contribution is -2.30. The average molecular weight is 531 g/mol. The van der Waals surface area contributed by atoms with Crippen LogP contribution in [0.3, 0.4) is 0 Å². The van der Waals surface area contributed by atoms with Crippen molar-refractivity contribution in [3.05, 3.63) is 74.5 Å². The summed E-state index contributed by atoms with van der Waals surface area (Å²) in [4.78, 5) is 41.9. The van der Waals surface area contributed by atoms with Crippen molar-refractivity contribution in [1.82, 2.24) is 15.2 Å². The molecule has 9 nitrogen and oxygen atoms in total. The van der Waals surface area contributed by atoms with E-state index in [9.17, 15) is 14.4 Å². The summed E-state index contributed by atoms with van der Waals surface area (Å²) in [7, 11) is 2.98. The highest BCUT2D eigenvalue weighted by molar-refractivity contribution is 7.07. The Morgan fingerprint density at radius 3 is 2.47 bits per heavy atom. The number of amides is 3. The Labute approximate surface area is 217 Å². The minimum atomic E-state index is -0.514. The molecule has 0 radical (unpaired) electrons. The number of hydrogen-bond donors (Lipinski definition) is 2. The van der Waals surface area contributed by atoms with Gasteiger partial charge in [0.25, 0.3) is 11.8 Å². The second kappa shape index (κ2) is 12.9. The standard InChI is InChI=1S/C25H27ClN4O5S/c1-16(31)27-11-4-12-30-21(24(33)28-14-17-5-7-18(26)8-6-17)15-36-25(30)29-23(32)20-10-9-19(34-2)13-22(20)35-3/h5-10,13,15H,4,11-12,14H2,1-3H3,(H,27,31)(H,28,33). The second-order valence-electron chi connectivity index (χ2n) is 7.68. The smallest absolute Gasteiger partial charge is 0.283 e. The summed E-state index contributed by atoms with van der Waals surface area (Å²) in [6, 6.07) is 12.0. The van der Waals surface area contributed by atoms with E-state index in [1.54, 1.807) is 40.3 Å². The largest absolute Gasteiger partial charge is 0.497 e. The molecular weight excluding hydrogens is 504 g/mol. The number of halogens is 1. The van der Waals surface area contributed by atoms with Crippen LogP contribution in [0.2, 0.25) is 5.02 Å². The fraction of sp³-hybridized carbons (Fsp3) is 0.280. The van der Waals surface area contributed by atoms with E-state index in [0.29, 0.717) is 53.1 Å². The third-order valence-corrected chi connectivity index (χ3v) is 6.28. The zero-order valence-electron chi connectivity index (χ0n) is 20.2. The van der Waals surface area contributed by atoms with Gasteiger partial charge in [0.05, 0.1) is 19.8 Å². The molecule has 11 heteroatoms. The Morgan fingerprint density at radius 2 is 1.81 bits per heavy atom. The van der Waals surface area contributed by atoms with Gasteiger partial charge in [-0.05, 0) is 36.2 Å². The van der Waals surface area contributed by atoms with Crippen LogP contribution in [0.4, 0.5) is 0 Å². The molecule has 0 aliphatic heterocycles. The second-order valence-corrected chi connectivity index (χ2v) is 8.96. The van der Waals surface area contributed by atoms with E-state index in [1.807, 2.05) is 12.1 Å². The molecule has 3 rings (SSSR count). The fourth-order valence-corrected chi connectivity index (χ4v) is 4.35. The molecule has 0 atom stereocenters. The van der Waals surface area contributed by atoms with Crippen molar-refractivity contribution in [1.29, 1.82) is 0 Å². The van der Waals surface area contributed by atoms with Gasteiger partial charge in [0, 0.05) is 43.0 Å². The van der Waals surface area contributed by atoms with Crippen LogP contribution in [0.5, 0.6) is 11.5 Å². The quantitative estimate of drug-likeness (QED) is 0.390. The summed E-state index contributed by atoms with van der Waals surface area (Å²) < 4.78 is 12.2. The number of ether oxygens (including phenoxy) is 2. The summed E-state index contributed by atoms with van der Waals surface area (Å²) in [6.07, 6.45) is 0.543. The summed E-state index contributed by atoms with van der Waals surface area (Å²) in [5.74, 6) is -0.0836. The Balaban J connectivity index is 1.88. The van der Waals surface area contributed by atoms with E-state index in [-0.39, 0.29) is 17.4 Å². The Kier molecular flexibility index (Phi) is 9.66. The number of carbonyl (C=O) groups is 3. The molecule has 3 amide bonds. The molecule has 2 aromatic carbocycles. The molecule has 0 fully saturated rings. The highest BCUT2D eigenvalue weighted by Gasteiger charge is 2.17. The van der Waals surface area contributed by atoms with Gasteiger partial charge >= 0.3 is 0 Å². The lowest BCUT2D eigenvalue weighted by molar-refractivity contribution is -0.118. The van der Waals surface area contributed by atoms with Gasteiger partial charge in [0.2, 0.25) is 5.91 Å². The van der Waals surface area contributed by atoms with E-state index >= 15 is 0 Å². The van der Waals surface area contributed by atoms with Gasteiger partial charge in [0.15, 0.2) is 4.80 Å². The van der Waals surface area contributed by atoms with E-state index in [0.717, 1.165) is 5.56 Å². The maximum atomic E-state index is 13.0. The predicted molar refractivity (Wildman–Crippen MR) is 138 cm³/mol. The molecule has 1 aromatic heterocycles. The van der Waals surface area contributed by atoms with Crippen molar-refractivity contribution in [2.75, 3.05) is 20.8 Å². The average Bonchev–Trinajstić information content (AvgIpc) is 3.27. The number of methoxy groups -OCH3 is 2. The van der Waals surface area contributed by atoms with Crippen LogP contribution >= 0.6 is 22.9 Å². The van der Waals surface area contributed by atoms with Gasteiger partial charge in [-0.25, -0.2) is 0 Å². The molecule has 2 N–H and O–H groups in total. The highest BCUT2D eigenvalue weighted by atomic mass is 35.5. The van der Waals surface area contributed by atoms with Crippen molar-refractivity contribution in [3.63, 3.8) is 0 Å². The van der Waals surface area contributed by atoms with Gasteiger partial charge in [0.1, 0.15) is 17.2 Å². The fourth-order valence-electron chi connectivity index (χ4n) is 3.32. The van der Waals surface area contributed by atoms with Gasteiger partial charge in [-0.1, -0.05) is 23.7 Å². The number of rotatable bonds is 10. The molecule has 3 aromatic rings. The Hall–Kier alpha value is -3.63. The van der Waals surface area contributed by atoms with Gasteiger partial charge in [-0.3, -0.25) is 14.4 Å². The first kappa shape index (κ1) is 27.0. The number of carbonyl (C=O) groups excluding carboxylic acids is 3. The molecule has 0 unspecified atom stereocenters. The normalized spacial score (nSPS) is 11.2. The molecule has 0 saturated carbocycles. The molecule has 0 spiro atoms. The summed E-state index contributed by atoms with van der Waals surface area (Å²) >= 11 is 7.11. The molecule has 190 valence electrons. The van der Waals surface area contributed by atoms with Crippen LogP contribution in [0.25, 0.3) is 0 Å². The van der Waals surface area contributed by atoms with Crippen LogP contribution in [0.1, 0.15) is 39.8 Å². The van der Waals surface area contributed by atoms with Crippen LogP contribution in [-0.2, 0) is 17.9 Å². The zero-order chi connectivity index (χ0) is 26.1. The number of thiazole rings is 1.